The number of benzene rings is 1. The van der Waals surface area contributed by atoms with E-state index >= 15 is 0 Å². The van der Waals surface area contributed by atoms with E-state index in [-0.39, 0.29) is 43.6 Å². The van der Waals surface area contributed by atoms with E-state index in [0.29, 0.717) is 24.2 Å². The van der Waals surface area contributed by atoms with Crippen molar-refractivity contribution in [3.8, 4) is 0 Å². The van der Waals surface area contributed by atoms with Crippen molar-refractivity contribution in [2.24, 2.45) is 0 Å². The molecule has 1 aliphatic heterocycles. The first kappa shape index (κ1) is 34.7. The lowest BCUT2D eigenvalue weighted by Crippen LogP contribution is -2.41. The molecule has 3 rings (SSSR count). The van der Waals surface area contributed by atoms with Gasteiger partial charge in [-0.25, -0.2) is 16.0 Å². The fourth-order valence-corrected chi connectivity index (χ4v) is 6.63. The average Bonchev–Trinajstić information content (AvgIpc) is 3.31. The first-order valence-electron chi connectivity index (χ1n) is 14.6. The molecule has 1 N–H and O–H groups in total. The minimum Gasteiger partial charge on any atom is -0.382 e. The van der Waals surface area contributed by atoms with E-state index in [9.17, 15) is 9.59 Å². The van der Waals surface area contributed by atoms with Gasteiger partial charge < -0.3 is 33.4 Å². The van der Waals surface area contributed by atoms with Gasteiger partial charge in [-0.15, -0.1) is 0 Å². The summed E-state index contributed by atoms with van der Waals surface area (Å²) in [6.07, 6.45) is -0.345. The molecular formula is C30H44N5O7P. The van der Waals surface area contributed by atoms with Gasteiger partial charge in [0, 0.05) is 36.5 Å². The molecule has 5 atom stereocenters. The van der Waals surface area contributed by atoms with Crippen LogP contribution in [0, 0.1) is 13.5 Å². The van der Waals surface area contributed by atoms with Gasteiger partial charge >= 0.3 is 5.69 Å². The number of hydrogen-bond acceptors (Lipinski definition) is 9. The maximum absolute atomic E-state index is 13.4. The Morgan fingerprint density at radius 1 is 1.16 bits per heavy atom. The molecule has 12 nitrogen and oxygen atoms in total. The number of anilines is 1. The molecule has 1 saturated heterocycles. The zero-order valence-electron chi connectivity index (χ0n) is 26.1. The van der Waals surface area contributed by atoms with Crippen LogP contribution < -0.4 is 11.0 Å². The summed E-state index contributed by atoms with van der Waals surface area (Å²) in [7, 11) is -0.00815. The van der Waals surface area contributed by atoms with Gasteiger partial charge in [-0.1, -0.05) is 25.1 Å². The Bertz CT molecular complexity index is 1260. The lowest BCUT2D eigenvalue weighted by atomic mass is 10.1. The topological polar surface area (TPSA) is 118 Å². The van der Waals surface area contributed by atoms with Gasteiger partial charge in [-0.2, -0.15) is 4.98 Å². The van der Waals surface area contributed by atoms with Gasteiger partial charge in [0.05, 0.1) is 19.3 Å². The van der Waals surface area contributed by atoms with Gasteiger partial charge in [0.2, 0.25) is 6.54 Å². The molecule has 1 aromatic carbocycles. The molecule has 0 bridgehead atoms. The van der Waals surface area contributed by atoms with Gasteiger partial charge in [-0.05, 0) is 53.2 Å². The Kier molecular flexibility index (Phi) is 13.7. The fourth-order valence-electron chi connectivity index (χ4n) is 4.87. The molecule has 2 aromatic rings. The van der Waals surface area contributed by atoms with E-state index in [2.05, 4.69) is 47.5 Å². The number of ether oxygens (including phenoxy) is 3. The Labute approximate surface area is 255 Å². The van der Waals surface area contributed by atoms with E-state index < -0.39 is 38.8 Å². The van der Waals surface area contributed by atoms with Crippen LogP contribution in [-0.2, 0) is 23.3 Å². The molecule has 13 heteroatoms. The number of rotatable bonds is 16. The van der Waals surface area contributed by atoms with Crippen molar-refractivity contribution >= 4 is 20.3 Å². The van der Waals surface area contributed by atoms with Crippen LogP contribution in [0.25, 0.3) is 4.85 Å². The molecule has 0 radical (unpaired) electrons. The van der Waals surface area contributed by atoms with Gasteiger partial charge in [-0.3, -0.25) is 9.36 Å². The number of aromatic nitrogens is 2. The summed E-state index contributed by atoms with van der Waals surface area (Å²) >= 11 is 0. The van der Waals surface area contributed by atoms with Crippen molar-refractivity contribution in [1.82, 2.24) is 14.2 Å². The lowest BCUT2D eigenvalue weighted by Gasteiger charge is -2.38. The highest BCUT2D eigenvalue weighted by molar-refractivity contribution is 7.44. The molecular weight excluding hydrogens is 573 g/mol. The molecule has 2 unspecified atom stereocenters. The zero-order chi connectivity index (χ0) is 31.5. The average molecular weight is 618 g/mol. The summed E-state index contributed by atoms with van der Waals surface area (Å²) in [5, 5.41) is 2.73. The van der Waals surface area contributed by atoms with Crippen LogP contribution in [0.3, 0.4) is 0 Å². The third kappa shape index (κ3) is 9.13. The summed E-state index contributed by atoms with van der Waals surface area (Å²) in [5.74, 6) is -0.191. The number of amides is 1. The molecule has 2 heterocycles. The summed E-state index contributed by atoms with van der Waals surface area (Å²) in [6, 6.07) is 8.94. The van der Waals surface area contributed by atoms with E-state index in [1.807, 2.05) is 13.0 Å². The molecule has 236 valence electrons. The number of methoxy groups -OCH3 is 1. The molecule has 1 aliphatic rings. The van der Waals surface area contributed by atoms with Gasteiger partial charge in [0.15, 0.2) is 6.23 Å². The highest BCUT2D eigenvalue weighted by Crippen LogP contribution is 2.50. The van der Waals surface area contributed by atoms with Crippen molar-refractivity contribution < 1.29 is 28.1 Å². The SMILES string of the molecule is [C-]#[N+]CCOP(OC1[C@@H](CC)O[C@@H](n2cc(C)c(NC(=O)c3ccccc3)nc2=O)[C@H]1OCCOC)N(C(C)C)C(C)C. The van der Waals surface area contributed by atoms with Gasteiger partial charge in [0.1, 0.15) is 24.6 Å². The van der Waals surface area contributed by atoms with Crippen LogP contribution in [-0.4, -0.2) is 84.0 Å². The van der Waals surface area contributed by atoms with E-state index in [0.717, 1.165) is 0 Å². The number of carbonyl (C=O) groups excluding carboxylic acids is 1. The zero-order valence-corrected chi connectivity index (χ0v) is 27.0. The number of carbonyl (C=O) groups is 1. The molecule has 43 heavy (non-hydrogen) atoms. The van der Waals surface area contributed by atoms with Crippen molar-refractivity contribution in [3.05, 3.63) is 69.6 Å². The smallest absolute Gasteiger partial charge is 0.351 e. The minimum atomic E-state index is -1.59. The third-order valence-corrected chi connectivity index (χ3v) is 8.95. The summed E-state index contributed by atoms with van der Waals surface area (Å²) in [4.78, 5) is 33.7. The van der Waals surface area contributed by atoms with Crippen molar-refractivity contribution in [2.75, 3.05) is 38.8 Å². The highest BCUT2D eigenvalue weighted by Gasteiger charge is 2.49. The lowest BCUT2D eigenvalue weighted by molar-refractivity contribution is -0.0785. The standard InChI is InChI=1S/C30H44N5O7P/c1-9-24-25(42-43(40-16-15-31-7)35(20(2)3)21(4)5)26(39-18-17-38-8)29(41-24)34-19-22(6)27(33-30(34)37)32-28(36)23-13-11-10-12-14-23/h10-14,19-21,24-26,29H,9,15-18H2,1-6,8H3,(H,32,33,36,37)/t24-,25?,26+,29-,43?/m1/s1. The predicted molar refractivity (Wildman–Crippen MR) is 165 cm³/mol. The van der Waals surface area contributed by atoms with E-state index in [1.165, 1.54) is 4.57 Å². The second-order valence-corrected chi connectivity index (χ2v) is 12.1. The molecule has 1 amide bonds. The minimum absolute atomic E-state index is 0.109. The number of nitrogens with zero attached hydrogens (tertiary/aromatic N) is 4. The van der Waals surface area contributed by atoms with Crippen LogP contribution >= 0.6 is 8.53 Å². The monoisotopic (exact) mass is 617 g/mol. The normalized spacial score (nSPS) is 21.0. The van der Waals surface area contributed by atoms with E-state index in [1.54, 1.807) is 44.5 Å². The Morgan fingerprint density at radius 3 is 2.47 bits per heavy atom. The molecule has 0 spiro atoms. The van der Waals surface area contributed by atoms with Crippen molar-refractivity contribution in [1.29, 1.82) is 0 Å². The Balaban J connectivity index is 1.95. The quantitative estimate of drug-likeness (QED) is 0.161. The highest BCUT2D eigenvalue weighted by atomic mass is 31.2. The predicted octanol–water partition coefficient (Wildman–Crippen LogP) is 4.81. The maximum Gasteiger partial charge on any atom is 0.351 e. The van der Waals surface area contributed by atoms with E-state index in [4.69, 9.17) is 29.8 Å². The molecule has 1 fully saturated rings. The Morgan fingerprint density at radius 2 is 1.86 bits per heavy atom. The molecule has 0 aliphatic carbocycles. The number of aryl methyl sites for hydroxylation is 1. The Hall–Kier alpha value is -2.75. The van der Waals surface area contributed by atoms with Gasteiger partial charge in [0.25, 0.3) is 14.4 Å². The maximum atomic E-state index is 13.4. The largest absolute Gasteiger partial charge is 0.382 e. The first-order chi connectivity index (χ1) is 20.6. The first-order valence-corrected chi connectivity index (χ1v) is 15.7. The third-order valence-electron chi connectivity index (χ3n) is 6.83. The van der Waals surface area contributed by atoms with Crippen molar-refractivity contribution in [2.45, 2.75) is 84.6 Å². The van der Waals surface area contributed by atoms with Crippen molar-refractivity contribution in [3.63, 3.8) is 0 Å². The van der Waals surface area contributed by atoms with Crippen LogP contribution in [0.15, 0.2) is 41.3 Å². The summed E-state index contributed by atoms with van der Waals surface area (Å²) in [5.41, 5.74) is 0.434. The van der Waals surface area contributed by atoms with Crippen LogP contribution in [0.2, 0.25) is 0 Å². The second-order valence-electron chi connectivity index (χ2n) is 10.7. The molecule has 0 saturated carbocycles. The second kappa shape index (κ2) is 16.9. The summed E-state index contributed by atoms with van der Waals surface area (Å²) in [6.45, 7) is 20.2. The number of hydrogen-bond donors (Lipinski definition) is 1. The number of nitrogens with one attached hydrogen (secondary N) is 1. The summed E-state index contributed by atoms with van der Waals surface area (Å²) < 4.78 is 34.4. The fraction of sp³-hybridized carbons (Fsp3) is 0.600. The molecule has 1 aromatic heterocycles. The van der Waals surface area contributed by atoms with Crippen LogP contribution in [0.4, 0.5) is 5.82 Å². The van der Waals surface area contributed by atoms with Crippen LogP contribution in [0.1, 0.15) is 63.2 Å². The van der Waals surface area contributed by atoms with Crippen LogP contribution in [0.5, 0.6) is 0 Å².